The standard InChI is InChI=1S/C18H17N5O/c19-17-13(5-3-9-20-17)18-21-10-7-16(23-18)22-14-8-11-24-15-6-2-1-4-12(14)15/h1-7,9-10,14H,8,11H2,(H2,19,20)(H,21,22,23). The summed E-state index contributed by atoms with van der Waals surface area (Å²) < 4.78 is 5.70. The lowest BCUT2D eigenvalue weighted by Gasteiger charge is -2.27. The number of nitrogens with zero attached hydrogens (tertiary/aromatic N) is 3. The van der Waals surface area contributed by atoms with E-state index in [1.165, 1.54) is 0 Å². The predicted octanol–water partition coefficient (Wildman–Crippen LogP) is 3.06. The largest absolute Gasteiger partial charge is 0.493 e. The van der Waals surface area contributed by atoms with Crippen molar-refractivity contribution in [3.05, 3.63) is 60.4 Å². The Labute approximate surface area is 139 Å². The maximum absolute atomic E-state index is 5.92. The van der Waals surface area contributed by atoms with Gasteiger partial charge in [0.1, 0.15) is 17.4 Å². The Morgan fingerprint density at radius 2 is 1.96 bits per heavy atom. The van der Waals surface area contributed by atoms with Crippen LogP contribution in [0, 0.1) is 0 Å². The van der Waals surface area contributed by atoms with E-state index in [4.69, 9.17) is 10.5 Å². The molecule has 0 bridgehead atoms. The quantitative estimate of drug-likeness (QED) is 0.771. The molecule has 0 amide bonds. The maximum Gasteiger partial charge on any atom is 0.165 e. The van der Waals surface area contributed by atoms with Crippen LogP contribution in [-0.2, 0) is 0 Å². The van der Waals surface area contributed by atoms with Crippen molar-refractivity contribution in [2.45, 2.75) is 12.5 Å². The number of nitrogens with two attached hydrogens (primary N) is 1. The van der Waals surface area contributed by atoms with Gasteiger partial charge in [0.15, 0.2) is 5.82 Å². The molecule has 4 rings (SSSR count). The monoisotopic (exact) mass is 319 g/mol. The van der Waals surface area contributed by atoms with Crippen LogP contribution in [0.2, 0.25) is 0 Å². The molecule has 0 aliphatic carbocycles. The summed E-state index contributed by atoms with van der Waals surface area (Å²) in [5.41, 5.74) is 7.80. The second-order valence-electron chi connectivity index (χ2n) is 5.57. The molecule has 2 aromatic heterocycles. The van der Waals surface area contributed by atoms with Gasteiger partial charge >= 0.3 is 0 Å². The molecule has 120 valence electrons. The maximum atomic E-state index is 5.92. The zero-order valence-corrected chi connectivity index (χ0v) is 13.0. The highest BCUT2D eigenvalue weighted by atomic mass is 16.5. The van der Waals surface area contributed by atoms with Gasteiger partial charge in [0.25, 0.3) is 0 Å². The molecule has 3 aromatic rings. The van der Waals surface area contributed by atoms with Crippen LogP contribution in [0.1, 0.15) is 18.0 Å². The molecule has 1 aromatic carbocycles. The van der Waals surface area contributed by atoms with E-state index in [0.29, 0.717) is 18.2 Å². The van der Waals surface area contributed by atoms with E-state index in [1.54, 1.807) is 12.4 Å². The van der Waals surface area contributed by atoms with Crippen molar-refractivity contribution in [3.8, 4) is 17.1 Å². The third-order valence-corrected chi connectivity index (χ3v) is 4.02. The van der Waals surface area contributed by atoms with E-state index in [0.717, 1.165) is 29.1 Å². The predicted molar refractivity (Wildman–Crippen MR) is 92.6 cm³/mol. The number of rotatable bonds is 3. The second-order valence-corrected chi connectivity index (χ2v) is 5.57. The Bertz CT molecular complexity index is 867. The van der Waals surface area contributed by atoms with Crippen molar-refractivity contribution in [2.75, 3.05) is 17.7 Å². The fraction of sp³-hybridized carbons (Fsp3) is 0.167. The lowest BCUT2D eigenvalue weighted by atomic mass is 10.0. The van der Waals surface area contributed by atoms with Crippen molar-refractivity contribution in [1.82, 2.24) is 15.0 Å². The van der Waals surface area contributed by atoms with E-state index < -0.39 is 0 Å². The Kier molecular flexibility index (Phi) is 3.70. The molecule has 3 N–H and O–H groups in total. The van der Waals surface area contributed by atoms with Gasteiger partial charge < -0.3 is 15.8 Å². The first-order chi connectivity index (χ1) is 11.8. The minimum Gasteiger partial charge on any atom is -0.493 e. The molecule has 24 heavy (non-hydrogen) atoms. The van der Waals surface area contributed by atoms with Crippen LogP contribution in [0.15, 0.2) is 54.9 Å². The van der Waals surface area contributed by atoms with Crippen LogP contribution >= 0.6 is 0 Å². The molecule has 6 heteroatoms. The van der Waals surface area contributed by atoms with Crippen molar-refractivity contribution in [3.63, 3.8) is 0 Å². The molecule has 1 unspecified atom stereocenters. The molecular weight excluding hydrogens is 302 g/mol. The summed E-state index contributed by atoms with van der Waals surface area (Å²) in [7, 11) is 0. The first kappa shape index (κ1) is 14.4. The van der Waals surface area contributed by atoms with Gasteiger partial charge in [-0.1, -0.05) is 18.2 Å². The van der Waals surface area contributed by atoms with Gasteiger partial charge in [0.2, 0.25) is 0 Å². The Morgan fingerprint density at radius 1 is 1.04 bits per heavy atom. The normalized spacial score (nSPS) is 16.1. The van der Waals surface area contributed by atoms with Crippen LogP contribution in [0.5, 0.6) is 5.75 Å². The molecular formula is C18H17N5O. The second kappa shape index (κ2) is 6.16. The molecule has 1 aliphatic rings. The Morgan fingerprint density at radius 3 is 2.88 bits per heavy atom. The zero-order valence-electron chi connectivity index (χ0n) is 13.0. The Hall–Kier alpha value is -3.15. The number of nitrogens with one attached hydrogen (secondary N) is 1. The third-order valence-electron chi connectivity index (χ3n) is 4.02. The van der Waals surface area contributed by atoms with Crippen molar-refractivity contribution in [1.29, 1.82) is 0 Å². The number of anilines is 2. The smallest absolute Gasteiger partial charge is 0.165 e. The van der Waals surface area contributed by atoms with E-state index in [1.807, 2.05) is 36.4 Å². The van der Waals surface area contributed by atoms with Gasteiger partial charge in [-0.3, -0.25) is 0 Å². The van der Waals surface area contributed by atoms with Gasteiger partial charge in [0.05, 0.1) is 18.2 Å². The van der Waals surface area contributed by atoms with E-state index in [-0.39, 0.29) is 6.04 Å². The number of pyridine rings is 1. The zero-order chi connectivity index (χ0) is 16.4. The highest BCUT2D eigenvalue weighted by molar-refractivity contribution is 5.68. The van der Waals surface area contributed by atoms with Gasteiger partial charge in [-0.2, -0.15) is 0 Å². The fourth-order valence-electron chi connectivity index (χ4n) is 2.85. The summed E-state index contributed by atoms with van der Waals surface area (Å²) in [6, 6.07) is 13.8. The van der Waals surface area contributed by atoms with E-state index >= 15 is 0 Å². The highest BCUT2D eigenvalue weighted by Crippen LogP contribution is 2.33. The van der Waals surface area contributed by atoms with Gasteiger partial charge in [-0.15, -0.1) is 0 Å². The lowest BCUT2D eigenvalue weighted by molar-refractivity contribution is 0.274. The number of fused-ring (bicyclic) bond motifs is 1. The SMILES string of the molecule is Nc1ncccc1-c1nccc(NC2CCOc3ccccc32)n1. The third kappa shape index (κ3) is 2.74. The molecule has 0 saturated carbocycles. The summed E-state index contributed by atoms with van der Waals surface area (Å²) in [4.78, 5) is 13.0. The summed E-state index contributed by atoms with van der Waals surface area (Å²) in [5, 5.41) is 3.47. The average Bonchev–Trinajstić information content (AvgIpc) is 2.63. The summed E-state index contributed by atoms with van der Waals surface area (Å²) in [5.74, 6) is 2.66. The number of nitrogen functional groups attached to an aromatic ring is 1. The van der Waals surface area contributed by atoms with Crippen molar-refractivity contribution >= 4 is 11.6 Å². The number of hydrogen-bond acceptors (Lipinski definition) is 6. The lowest BCUT2D eigenvalue weighted by Crippen LogP contribution is -2.20. The minimum absolute atomic E-state index is 0.156. The molecule has 1 atom stereocenters. The summed E-state index contributed by atoms with van der Waals surface area (Å²) in [6.45, 7) is 0.683. The molecule has 0 fully saturated rings. The molecule has 0 saturated heterocycles. The molecule has 0 spiro atoms. The number of benzene rings is 1. The van der Waals surface area contributed by atoms with Crippen molar-refractivity contribution < 1.29 is 4.74 Å². The molecule has 1 aliphatic heterocycles. The molecule has 6 nitrogen and oxygen atoms in total. The first-order valence-corrected chi connectivity index (χ1v) is 7.83. The first-order valence-electron chi connectivity index (χ1n) is 7.83. The van der Waals surface area contributed by atoms with Crippen LogP contribution < -0.4 is 15.8 Å². The van der Waals surface area contributed by atoms with E-state index in [9.17, 15) is 0 Å². The van der Waals surface area contributed by atoms with Gasteiger partial charge in [0, 0.05) is 24.4 Å². The summed E-state index contributed by atoms with van der Waals surface area (Å²) in [6.07, 6.45) is 4.26. The van der Waals surface area contributed by atoms with Crippen LogP contribution in [0.25, 0.3) is 11.4 Å². The fourth-order valence-corrected chi connectivity index (χ4v) is 2.85. The van der Waals surface area contributed by atoms with E-state index in [2.05, 4.69) is 26.3 Å². The van der Waals surface area contributed by atoms with Crippen LogP contribution in [0.3, 0.4) is 0 Å². The summed E-state index contributed by atoms with van der Waals surface area (Å²) >= 11 is 0. The van der Waals surface area contributed by atoms with Crippen LogP contribution in [-0.4, -0.2) is 21.6 Å². The van der Waals surface area contributed by atoms with Crippen LogP contribution in [0.4, 0.5) is 11.6 Å². The number of hydrogen-bond donors (Lipinski definition) is 2. The van der Waals surface area contributed by atoms with Gasteiger partial charge in [-0.25, -0.2) is 15.0 Å². The highest BCUT2D eigenvalue weighted by Gasteiger charge is 2.21. The topological polar surface area (TPSA) is 86.0 Å². The van der Waals surface area contributed by atoms with Gasteiger partial charge in [-0.05, 0) is 24.3 Å². The minimum atomic E-state index is 0.156. The van der Waals surface area contributed by atoms with Crippen molar-refractivity contribution in [2.24, 2.45) is 0 Å². The molecule has 3 heterocycles. The molecule has 0 radical (unpaired) electrons. The number of aromatic nitrogens is 3. The number of para-hydroxylation sites is 1. The average molecular weight is 319 g/mol. The number of ether oxygens (including phenoxy) is 1. The Balaban J connectivity index is 1.63.